The summed E-state index contributed by atoms with van der Waals surface area (Å²) in [6.07, 6.45) is 0. The van der Waals surface area contributed by atoms with Crippen LogP contribution in [0.1, 0.15) is 25.7 Å². The van der Waals surface area contributed by atoms with Crippen molar-refractivity contribution in [3.63, 3.8) is 0 Å². The molecule has 4 heteroatoms. The highest BCUT2D eigenvalue weighted by Gasteiger charge is 2.15. The maximum atomic E-state index is 10.6. The normalized spacial score (nSPS) is 10.2. The first-order valence-corrected chi connectivity index (χ1v) is 4.32. The number of hydrogen-bond acceptors (Lipinski definition) is 3. The first kappa shape index (κ1) is 9.22. The molecule has 0 aromatic carbocycles. The zero-order valence-electron chi connectivity index (χ0n) is 6.92. The van der Waals surface area contributed by atoms with Gasteiger partial charge in [-0.2, -0.15) is 0 Å². The minimum atomic E-state index is -0.916. The standard InChI is InChI=1S/C8H10O3S/c1-4-5(2)7(8(10)11)12-6(4)3-9/h9H,3H2,1-2H3,(H,10,11). The summed E-state index contributed by atoms with van der Waals surface area (Å²) in [5.74, 6) is -0.916. The van der Waals surface area contributed by atoms with Gasteiger partial charge in [-0.05, 0) is 25.0 Å². The summed E-state index contributed by atoms with van der Waals surface area (Å²) >= 11 is 1.14. The minimum absolute atomic E-state index is 0.0788. The summed E-state index contributed by atoms with van der Waals surface area (Å²) in [6, 6.07) is 0. The van der Waals surface area contributed by atoms with E-state index >= 15 is 0 Å². The first-order valence-electron chi connectivity index (χ1n) is 3.51. The summed E-state index contributed by atoms with van der Waals surface area (Å²) < 4.78 is 0. The SMILES string of the molecule is Cc1c(CO)sc(C(=O)O)c1C. The van der Waals surface area contributed by atoms with E-state index in [4.69, 9.17) is 10.2 Å². The van der Waals surface area contributed by atoms with Gasteiger partial charge in [-0.3, -0.25) is 0 Å². The number of aromatic carboxylic acids is 1. The Kier molecular flexibility index (Phi) is 2.49. The molecule has 0 radical (unpaired) electrons. The van der Waals surface area contributed by atoms with Crippen LogP contribution in [-0.4, -0.2) is 16.2 Å². The average molecular weight is 186 g/mol. The first-order chi connectivity index (χ1) is 5.57. The van der Waals surface area contributed by atoms with E-state index in [0.29, 0.717) is 4.88 Å². The van der Waals surface area contributed by atoms with Gasteiger partial charge in [0.25, 0.3) is 0 Å². The van der Waals surface area contributed by atoms with E-state index in [0.717, 1.165) is 27.3 Å². The smallest absolute Gasteiger partial charge is 0.346 e. The Bertz CT molecular complexity index is 314. The minimum Gasteiger partial charge on any atom is -0.477 e. The van der Waals surface area contributed by atoms with Gasteiger partial charge in [0.15, 0.2) is 0 Å². The molecule has 1 aromatic heterocycles. The maximum absolute atomic E-state index is 10.6. The molecule has 0 aliphatic carbocycles. The topological polar surface area (TPSA) is 57.5 Å². The lowest BCUT2D eigenvalue weighted by atomic mass is 10.1. The van der Waals surface area contributed by atoms with Gasteiger partial charge in [0, 0.05) is 4.88 Å². The van der Waals surface area contributed by atoms with Crippen LogP contribution in [0, 0.1) is 13.8 Å². The van der Waals surface area contributed by atoms with Gasteiger partial charge in [0.05, 0.1) is 6.61 Å². The number of carboxylic acid groups (broad SMARTS) is 1. The number of carbonyl (C=O) groups is 1. The van der Waals surface area contributed by atoms with Crippen molar-refractivity contribution in [2.75, 3.05) is 0 Å². The van der Waals surface area contributed by atoms with Crippen molar-refractivity contribution in [2.24, 2.45) is 0 Å². The molecule has 0 aliphatic rings. The predicted octanol–water partition coefficient (Wildman–Crippen LogP) is 1.56. The number of aliphatic hydroxyl groups excluding tert-OH is 1. The summed E-state index contributed by atoms with van der Waals surface area (Å²) in [4.78, 5) is 11.7. The van der Waals surface area contributed by atoms with Crippen LogP contribution < -0.4 is 0 Å². The summed E-state index contributed by atoms with van der Waals surface area (Å²) in [5, 5.41) is 17.6. The molecule has 66 valence electrons. The number of rotatable bonds is 2. The molecule has 0 saturated heterocycles. The second-order valence-electron chi connectivity index (χ2n) is 2.57. The van der Waals surface area contributed by atoms with Crippen LogP contribution in [0.2, 0.25) is 0 Å². The lowest BCUT2D eigenvalue weighted by molar-refractivity contribution is 0.0701. The molecule has 0 amide bonds. The van der Waals surface area contributed by atoms with E-state index in [1.165, 1.54) is 0 Å². The molecule has 1 heterocycles. The number of carboxylic acids is 1. The van der Waals surface area contributed by atoms with Crippen molar-refractivity contribution in [1.29, 1.82) is 0 Å². The second kappa shape index (κ2) is 3.25. The second-order valence-corrected chi connectivity index (χ2v) is 3.67. The molecule has 0 spiro atoms. The quantitative estimate of drug-likeness (QED) is 0.736. The summed E-state index contributed by atoms with van der Waals surface area (Å²) in [5.41, 5.74) is 1.65. The van der Waals surface area contributed by atoms with E-state index in [1.54, 1.807) is 6.92 Å². The summed E-state index contributed by atoms with van der Waals surface area (Å²) in [6.45, 7) is 3.50. The fourth-order valence-electron chi connectivity index (χ4n) is 1.01. The highest BCUT2D eigenvalue weighted by Crippen LogP contribution is 2.27. The predicted molar refractivity (Wildman–Crippen MR) is 46.7 cm³/mol. The molecule has 0 saturated carbocycles. The molecule has 1 aromatic rings. The third kappa shape index (κ3) is 1.35. The number of thiophene rings is 1. The van der Waals surface area contributed by atoms with Crippen LogP contribution in [0.4, 0.5) is 0 Å². The average Bonchev–Trinajstić information content (AvgIpc) is 2.30. The van der Waals surface area contributed by atoms with Gasteiger partial charge >= 0.3 is 5.97 Å². The van der Waals surface area contributed by atoms with Gasteiger partial charge in [0.1, 0.15) is 4.88 Å². The van der Waals surface area contributed by atoms with Crippen LogP contribution in [0.3, 0.4) is 0 Å². The molecule has 12 heavy (non-hydrogen) atoms. The molecule has 0 atom stereocenters. The molecule has 0 fully saturated rings. The molecule has 3 nitrogen and oxygen atoms in total. The molecular formula is C8H10O3S. The van der Waals surface area contributed by atoms with Crippen LogP contribution in [0.25, 0.3) is 0 Å². The Labute approximate surface area is 74.3 Å². The molecule has 0 aliphatic heterocycles. The molecule has 0 bridgehead atoms. The molecule has 1 rings (SSSR count). The highest BCUT2D eigenvalue weighted by molar-refractivity contribution is 7.14. The molecular weight excluding hydrogens is 176 g/mol. The maximum Gasteiger partial charge on any atom is 0.346 e. The fraction of sp³-hybridized carbons (Fsp3) is 0.375. The van der Waals surface area contributed by atoms with Crippen molar-refractivity contribution in [2.45, 2.75) is 20.5 Å². The fourth-order valence-corrected chi connectivity index (χ4v) is 2.02. The van der Waals surface area contributed by atoms with Crippen LogP contribution >= 0.6 is 11.3 Å². The van der Waals surface area contributed by atoms with E-state index < -0.39 is 5.97 Å². The van der Waals surface area contributed by atoms with Gasteiger partial charge in [-0.25, -0.2) is 4.79 Å². The zero-order chi connectivity index (χ0) is 9.30. The third-order valence-corrected chi connectivity index (χ3v) is 3.25. The molecule has 2 N–H and O–H groups in total. The van der Waals surface area contributed by atoms with E-state index in [1.807, 2.05) is 6.92 Å². The largest absolute Gasteiger partial charge is 0.477 e. The van der Waals surface area contributed by atoms with Crippen molar-refractivity contribution >= 4 is 17.3 Å². The third-order valence-electron chi connectivity index (χ3n) is 1.88. The molecule has 0 unspecified atom stereocenters. The van der Waals surface area contributed by atoms with Crippen molar-refractivity contribution in [1.82, 2.24) is 0 Å². The zero-order valence-corrected chi connectivity index (χ0v) is 7.73. The lowest BCUT2D eigenvalue weighted by Gasteiger charge is -1.92. The van der Waals surface area contributed by atoms with Crippen molar-refractivity contribution in [3.05, 3.63) is 20.9 Å². The van der Waals surface area contributed by atoms with E-state index in [9.17, 15) is 4.79 Å². The Morgan fingerprint density at radius 1 is 1.42 bits per heavy atom. The van der Waals surface area contributed by atoms with Crippen molar-refractivity contribution in [3.8, 4) is 0 Å². The van der Waals surface area contributed by atoms with Crippen LogP contribution in [-0.2, 0) is 6.61 Å². The van der Waals surface area contributed by atoms with Gasteiger partial charge < -0.3 is 10.2 Å². The van der Waals surface area contributed by atoms with Gasteiger partial charge in [-0.15, -0.1) is 11.3 Å². The van der Waals surface area contributed by atoms with E-state index in [2.05, 4.69) is 0 Å². The Morgan fingerprint density at radius 3 is 2.25 bits per heavy atom. The summed E-state index contributed by atoms with van der Waals surface area (Å²) in [7, 11) is 0. The Balaban J connectivity index is 3.25. The van der Waals surface area contributed by atoms with Gasteiger partial charge in [-0.1, -0.05) is 0 Å². The van der Waals surface area contributed by atoms with E-state index in [-0.39, 0.29) is 6.61 Å². The Morgan fingerprint density at radius 2 is 2.00 bits per heavy atom. The number of aliphatic hydroxyl groups is 1. The number of hydrogen-bond donors (Lipinski definition) is 2. The monoisotopic (exact) mass is 186 g/mol. The highest BCUT2D eigenvalue weighted by atomic mass is 32.1. The lowest BCUT2D eigenvalue weighted by Crippen LogP contribution is -1.94. The van der Waals surface area contributed by atoms with Gasteiger partial charge in [0.2, 0.25) is 0 Å². The van der Waals surface area contributed by atoms with Crippen LogP contribution in [0.15, 0.2) is 0 Å². The van der Waals surface area contributed by atoms with Crippen LogP contribution in [0.5, 0.6) is 0 Å². The Hall–Kier alpha value is -0.870. The van der Waals surface area contributed by atoms with Crippen molar-refractivity contribution < 1.29 is 15.0 Å².